The SMILES string of the molecule is CCc1ccccc1Nc1nccn1C(C)COC. The van der Waals surface area contributed by atoms with Crippen LogP contribution in [-0.2, 0) is 11.2 Å². The Morgan fingerprint density at radius 3 is 2.89 bits per heavy atom. The Morgan fingerprint density at radius 1 is 1.37 bits per heavy atom. The normalized spacial score (nSPS) is 12.4. The van der Waals surface area contributed by atoms with Gasteiger partial charge in [0.1, 0.15) is 0 Å². The van der Waals surface area contributed by atoms with Crippen LogP contribution in [0.2, 0.25) is 0 Å². The lowest BCUT2D eigenvalue weighted by Gasteiger charge is -2.17. The maximum absolute atomic E-state index is 5.20. The van der Waals surface area contributed by atoms with Crippen molar-refractivity contribution in [2.75, 3.05) is 19.0 Å². The average molecular weight is 259 g/mol. The van der Waals surface area contributed by atoms with Crippen molar-refractivity contribution in [1.29, 1.82) is 0 Å². The van der Waals surface area contributed by atoms with E-state index in [-0.39, 0.29) is 6.04 Å². The van der Waals surface area contributed by atoms with Crippen LogP contribution in [0.25, 0.3) is 0 Å². The molecule has 4 heteroatoms. The lowest BCUT2D eigenvalue weighted by Crippen LogP contribution is -2.13. The fourth-order valence-electron chi connectivity index (χ4n) is 2.16. The Morgan fingerprint density at radius 2 is 2.16 bits per heavy atom. The number of aromatic nitrogens is 2. The summed E-state index contributed by atoms with van der Waals surface area (Å²) in [7, 11) is 1.72. The van der Waals surface area contributed by atoms with Crippen LogP contribution in [-0.4, -0.2) is 23.3 Å². The van der Waals surface area contributed by atoms with Crippen molar-refractivity contribution in [3.05, 3.63) is 42.2 Å². The Kier molecular flexibility index (Phi) is 4.58. The third-order valence-electron chi connectivity index (χ3n) is 3.20. The third kappa shape index (κ3) is 3.15. The van der Waals surface area contributed by atoms with Crippen LogP contribution in [0, 0.1) is 0 Å². The maximum atomic E-state index is 5.20. The van der Waals surface area contributed by atoms with E-state index in [2.05, 4.69) is 46.9 Å². The van der Waals surface area contributed by atoms with E-state index in [4.69, 9.17) is 4.74 Å². The van der Waals surface area contributed by atoms with Crippen molar-refractivity contribution >= 4 is 11.6 Å². The minimum Gasteiger partial charge on any atom is -0.383 e. The predicted octanol–water partition coefficient (Wildman–Crippen LogP) is 3.40. The summed E-state index contributed by atoms with van der Waals surface area (Å²) >= 11 is 0. The predicted molar refractivity (Wildman–Crippen MR) is 77.9 cm³/mol. The standard InChI is InChI=1S/C15H21N3O/c1-4-13-7-5-6-8-14(13)17-15-16-9-10-18(15)12(2)11-19-3/h5-10,12H,4,11H2,1-3H3,(H,16,17). The van der Waals surface area contributed by atoms with Crippen molar-refractivity contribution in [3.8, 4) is 0 Å². The highest BCUT2D eigenvalue weighted by atomic mass is 16.5. The van der Waals surface area contributed by atoms with Gasteiger partial charge in [-0.25, -0.2) is 4.98 Å². The Balaban J connectivity index is 2.22. The second kappa shape index (κ2) is 6.38. The molecule has 0 aliphatic heterocycles. The molecule has 0 aliphatic rings. The van der Waals surface area contributed by atoms with E-state index in [0.29, 0.717) is 6.61 Å². The summed E-state index contributed by atoms with van der Waals surface area (Å²) in [5.74, 6) is 0.852. The Hall–Kier alpha value is -1.81. The molecule has 1 atom stereocenters. The molecule has 4 nitrogen and oxygen atoms in total. The largest absolute Gasteiger partial charge is 0.383 e. The number of imidazole rings is 1. The monoisotopic (exact) mass is 259 g/mol. The number of ether oxygens (including phenoxy) is 1. The van der Waals surface area contributed by atoms with Crippen LogP contribution >= 0.6 is 0 Å². The number of methoxy groups -OCH3 is 1. The Labute approximate surface area is 114 Å². The van der Waals surface area contributed by atoms with Gasteiger partial charge in [-0.1, -0.05) is 25.1 Å². The van der Waals surface area contributed by atoms with E-state index in [1.807, 2.05) is 18.5 Å². The van der Waals surface area contributed by atoms with E-state index >= 15 is 0 Å². The maximum Gasteiger partial charge on any atom is 0.207 e. The summed E-state index contributed by atoms with van der Waals surface area (Å²) < 4.78 is 7.29. The summed E-state index contributed by atoms with van der Waals surface area (Å²) in [5.41, 5.74) is 2.40. The van der Waals surface area contributed by atoms with Crippen LogP contribution in [0.1, 0.15) is 25.5 Å². The number of para-hydroxylation sites is 1. The molecular weight excluding hydrogens is 238 g/mol. The molecule has 2 rings (SSSR count). The number of aryl methyl sites for hydroxylation is 1. The molecule has 0 aliphatic carbocycles. The molecule has 102 valence electrons. The fraction of sp³-hybridized carbons (Fsp3) is 0.400. The number of nitrogens with zero attached hydrogens (tertiary/aromatic N) is 2. The number of rotatable bonds is 6. The first kappa shape index (κ1) is 13.6. The molecule has 2 aromatic rings. The summed E-state index contributed by atoms with van der Waals surface area (Å²) in [6.07, 6.45) is 4.78. The van der Waals surface area contributed by atoms with E-state index in [1.54, 1.807) is 7.11 Å². The molecule has 0 amide bonds. The van der Waals surface area contributed by atoms with E-state index < -0.39 is 0 Å². The number of hydrogen-bond acceptors (Lipinski definition) is 3. The van der Waals surface area contributed by atoms with E-state index in [1.165, 1.54) is 5.56 Å². The lowest BCUT2D eigenvalue weighted by molar-refractivity contribution is 0.163. The van der Waals surface area contributed by atoms with Crippen molar-refractivity contribution < 1.29 is 4.74 Å². The second-order valence-corrected chi connectivity index (χ2v) is 4.60. The molecule has 0 saturated carbocycles. The molecule has 1 heterocycles. The van der Waals surface area contributed by atoms with Crippen LogP contribution in [0.3, 0.4) is 0 Å². The first-order valence-electron chi connectivity index (χ1n) is 6.63. The average Bonchev–Trinajstić information content (AvgIpc) is 2.88. The van der Waals surface area contributed by atoms with E-state index in [9.17, 15) is 0 Å². The first-order valence-corrected chi connectivity index (χ1v) is 6.63. The fourth-order valence-corrected chi connectivity index (χ4v) is 2.16. The Bertz CT molecular complexity index is 522. The van der Waals surface area contributed by atoms with Gasteiger partial charge in [0, 0.05) is 25.2 Å². The molecule has 1 unspecified atom stereocenters. The topological polar surface area (TPSA) is 39.1 Å². The number of hydrogen-bond donors (Lipinski definition) is 1. The van der Waals surface area contributed by atoms with Gasteiger partial charge < -0.3 is 14.6 Å². The molecule has 0 bridgehead atoms. The van der Waals surface area contributed by atoms with Gasteiger partial charge in [0.2, 0.25) is 5.95 Å². The van der Waals surface area contributed by atoms with Gasteiger partial charge in [0.05, 0.1) is 12.6 Å². The van der Waals surface area contributed by atoms with Gasteiger partial charge in [-0.3, -0.25) is 0 Å². The summed E-state index contributed by atoms with van der Waals surface area (Å²) in [4.78, 5) is 4.39. The highest BCUT2D eigenvalue weighted by Gasteiger charge is 2.10. The molecule has 0 fully saturated rings. The zero-order valence-electron chi connectivity index (χ0n) is 11.8. The van der Waals surface area contributed by atoms with Gasteiger partial charge in [0.15, 0.2) is 0 Å². The molecule has 1 aromatic heterocycles. The van der Waals surface area contributed by atoms with Gasteiger partial charge >= 0.3 is 0 Å². The summed E-state index contributed by atoms with van der Waals surface area (Å²) in [6, 6.07) is 8.56. The smallest absolute Gasteiger partial charge is 0.207 e. The third-order valence-corrected chi connectivity index (χ3v) is 3.20. The quantitative estimate of drug-likeness (QED) is 0.864. The minimum atomic E-state index is 0.254. The van der Waals surface area contributed by atoms with Gasteiger partial charge in [-0.15, -0.1) is 0 Å². The van der Waals surface area contributed by atoms with Gasteiger partial charge in [-0.05, 0) is 25.0 Å². The van der Waals surface area contributed by atoms with Crippen LogP contribution in [0.15, 0.2) is 36.7 Å². The van der Waals surface area contributed by atoms with E-state index in [0.717, 1.165) is 18.1 Å². The van der Waals surface area contributed by atoms with Gasteiger partial charge in [0.25, 0.3) is 0 Å². The number of benzene rings is 1. The van der Waals surface area contributed by atoms with Crippen molar-refractivity contribution in [2.45, 2.75) is 26.3 Å². The molecule has 0 saturated heterocycles. The molecule has 0 spiro atoms. The number of anilines is 2. The van der Waals surface area contributed by atoms with Crippen LogP contribution in [0.4, 0.5) is 11.6 Å². The zero-order valence-corrected chi connectivity index (χ0v) is 11.8. The minimum absolute atomic E-state index is 0.254. The lowest BCUT2D eigenvalue weighted by atomic mass is 10.1. The zero-order chi connectivity index (χ0) is 13.7. The molecule has 0 radical (unpaired) electrons. The molecule has 1 N–H and O–H groups in total. The van der Waals surface area contributed by atoms with Crippen molar-refractivity contribution in [2.24, 2.45) is 0 Å². The highest BCUT2D eigenvalue weighted by Crippen LogP contribution is 2.22. The highest BCUT2D eigenvalue weighted by molar-refractivity contribution is 5.58. The van der Waals surface area contributed by atoms with Gasteiger partial charge in [-0.2, -0.15) is 0 Å². The van der Waals surface area contributed by atoms with Crippen molar-refractivity contribution in [1.82, 2.24) is 9.55 Å². The number of nitrogens with one attached hydrogen (secondary N) is 1. The molecular formula is C15H21N3O. The summed E-state index contributed by atoms with van der Waals surface area (Å²) in [6.45, 7) is 4.93. The molecule has 1 aromatic carbocycles. The first-order chi connectivity index (χ1) is 9.26. The van der Waals surface area contributed by atoms with Crippen LogP contribution < -0.4 is 5.32 Å². The van der Waals surface area contributed by atoms with Crippen LogP contribution in [0.5, 0.6) is 0 Å². The summed E-state index contributed by atoms with van der Waals surface area (Å²) in [5, 5.41) is 3.41. The molecule has 19 heavy (non-hydrogen) atoms. The second-order valence-electron chi connectivity index (χ2n) is 4.60. The van der Waals surface area contributed by atoms with Crippen molar-refractivity contribution in [3.63, 3.8) is 0 Å².